The molecule has 0 amide bonds. The van der Waals surface area contributed by atoms with Crippen LogP contribution < -0.4 is 0 Å². The van der Waals surface area contributed by atoms with E-state index in [9.17, 15) is 13.2 Å². The van der Waals surface area contributed by atoms with Crippen molar-refractivity contribution in [3.05, 3.63) is 24.3 Å². The molecule has 0 bridgehead atoms. The Bertz CT molecular complexity index is 321. The molecule has 1 aliphatic rings. The molecule has 101 valence electrons. The fourth-order valence-corrected chi connectivity index (χ4v) is 0.856. The van der Waals surface area contributed by atoms with Gasteiger partial charge < -0.3 is 4.55 Å². The molecule has 0 saturated heterocycles. The van der Waals surface area contributed by atoms with Gasteiger partial charge in [-0.25, -0.2) is 8.42 Å². The summed E-state index contributed by atoms with van der Waals surface area (Å²) in [7, 11) is -6.09. The molecule has 0 spiro atoms. The van der Waals surface area contributed by atoms with Gasteiger partial charge in [0.15, 0.2) is 10.1 Å². The van der Waals surface area contributed by atoms with E-state index in [1.807, 2.05) is 0 Å². The molecule has 1 rings (SSSR count). The van der Waals surface area contributed by atoms with Crippen LogP contribution in [0.3, 0.4) is 0 Å². The van der Waals surface area contributed by atoms with Gasteiger partial charge >= 0.3 is 25.0 Å². The van der Waals surface area contributed by atoms with E-state index in [4.69, 9.17) is 13.0 Å². The first-order valence-corrected chi connectivity index (χ1v) is 5.98. The van der Waals surface area contributed by atoms with E-state index in [0.29, 0.717) is 0 Å². The van der Waals surface area contributed by atoms with E-state index in [1.54, 1.807) is 0 Å². The van der Waals surface area contributed by atoms with E-state index in [2.05, 4.69) is 24.3 Å². The van der Waals surface area contributed by atoms with Crippen LogP contribution in [-0.2, 0) is 29.6 Å². The first-order valence-electron chi connectivity index (χ1n) is 4.57. The summed E-state index contributed by atoms with van der Waals surface area (Å²) < 4.78 is 58.9. The molecule has 0 unspecified atom stereocenters. The van der Waals surface area contributed by atoms with Gasteiger partial charge in [0.05, 0.1) is 0 Å². The number of halogens is 3. The van der Waals surface area contributed by atoms with Crippen LogP contribution in [0.25, 0.3) is 0 Å². The third kappa shape index (κ3) is 10.7. The first-order chi connectivity index (χ1) is 7.25. The van der Waals surface area contributed by atoms with Crippen LogP contribution in [0, 0.1) is 0 Å². The topological polar surface area (TPSA) is 57.2 Å². The van der Waals surface area contributed by atoms with Crippen LogP contribution in [0.4, 0.5) is 13.2 Å². The maximum absolute atomic E-state index is 10.7. The van der Waals surface area contributed by atoms with E-state index in [1.165, 1.54) is 25.7 Å². The van der Waals surface area contributed by atoms with Crippen LogP contribution in [0.15, 0.2) is 24.3 Å². The third-order valence-electron chi connectivity index (χ3n) is 1.62. The predicted octanol–water partition coefficient (Wildman–Crippen LogP) is 2.72. The third-order valence-corrected chi connectivity index (χ3v) is 2.18. The van der Waals surface area contributed by atoms with Gasteiger partial charge in [0, 0.05) is 0 Å². The zero-order valence-corrected chi connectivity index (χ0v) is 11.2. The summed E-state index contributed by atoms with van der Waals surface area (Å²) in [6.07, 6.45) is 14.0. The van der Waals surface area contributed by atoms with E-state index >= 15 is 0 Å². The van der Waals surface area contributed by atoms with Crippen molar-refractivity contribution in [1.82, 2.24) is 0 Å². The predicted molar refractivity (Wildman–Crippen MR) is 52.5 cm³/mol. The molecular formula is C9H12F3O3RhS+. The second kappa shape index (κ2) is 8.83. The normalized spacial score (nSPS) is 19.8. The van der Waals surface area contributed by atoms with Crippen LogP contribution in [0.5, 0.6) is 0 Å². The number of alkyl halides is 3. The van der Waals surface area contributed by atoms with Gasteiger partial charge in [0.1, 0.15) is 0 Å². The van der Waals surface area contributed by atoms with Crippen molar-refractivity contribution in [2.24, 2.45) is 0 Å². The summed E-state index contributed by atoms with van der Waals surface area (Å²) >= 11 is 0. The minimum absolute atomic E-state index is 0. The minimum atomic E-state index is -6.09. The average molecular weight is 360 g/mol. The SMILES string of the molecule is C1=C\CC/C=C\CC/1.O=S(=O)([O-])C(F)(F)F.[Rh+2]. The summed E-state index contributed by atoms with van der Waals surface area (Å²) in [5.41, 5.74) is -5.65. The summed E-state index contributed by atoms with van der Waals surface area (Å²) in [6, 6.07) is 0. The van der Waals surface area contributed by atoms with Crippen LogP contribution in [0.2, 0.25) is 0 Å². The Balaban J connectivity index is 0. The van der Waals surface area contributed by atoms with Crippen molar-refractivity contribution in [2.45, 2.75) is 31.2 Å². The molecule has 8 heteroatoms. The average Bonchev–Trinajstić information content (AvgIpc) is 1.98. The molecule has 0 saturated carbocycles. The first kappa shape index (κ1) is 19.2. The Morgan fingerprint density at radius 3 is 1.18 bits per heavy atom. The molecule has 0 aromatic heterocycles. The maximum Gasteiger partial charge on any atom is 2.00 e. The van der Waals surface area contributed by atoms with Crippen molar-refractivity contribution in [3.8, 4) is 0 Å². The van der Waals surface area contributed by atoms with Gasteiger partial charge in [-0.15, -0.1) is 0 Å². The second-order valence-electron chi connectivity index (χ2n) is 3.00. The summed E-state index contributed by atoms with van der Waals surface area (Å²) in [5.74, 6) is 0. The molecule has 0 aromatic carbocycles. The standard InChI is InChI=1S/C8H12.CHF3O3S.Rh/c1-2-4-6-8-7-5-3-1;2-1(3,4)8(5,6)7;/h1-2,7-8H,3-6H2;(H,5,6,7);/q;;+2/p-1/b2-1-,8-7-;;. The molecule has 17 heavy (non-hydrogen) atoms. The summed E-state index contributed by atoms with van der Waals surface area (Å²) in [5, 5.41) is 0. The molecule has 1 radical (unpaired) electrons. The maximum atomic E-state index is 10.7. The van der Waals surface area contributed by atoms with Crippen molar-refractivity contribution in [3.63, 3.8) is 0 Å². The monoisotopic (exact) mass is 360 g/mol. The fourth-order valence-electron chi connectivity index (χ4n) is 0.856. The van der Waals surface area contributed by atoms with Gasteiger partial charge in [-0.05, 0) is 25.7 Å². The minimum Gasteiger partial charge on any atom is -0.741 e. The van der Waals surface area contributed by atoms with Crippen molar-refractivity contribution >= 4 is 10.1 Å². The number of hydrogen-bond donors (Lipinski definition) is 0. The molecule has 0 atom stereocenters. The molecule has 1 aliphatic carbocycles. The zero-order chi connectivity index (χ0) is 12.7. The number of hydrogen-bond acceptors (Lipinski definition) is 3. The van der Waals surface area contributed by atoms with E-state index in [-0.39, 0.29) is 19.5 Å². The Kier molecular flexibility index (Phi) is 9.95. The molecule has 0 aromatic rings. The van der Waals surface area contributed by atoms with Gasteiger partial charge in [-0.2, -0.15) is 13.2 Å². The van der Waals surface area contributed by atoms with Crippen LogP contribution in [-0.4, -0.2) is 18.5 Å². The summed E-state index contributed by atoms with van der Waals surface area (Å²) in [4.78, 5) is 0. The van der Waals surface area contributed by atoms with Crippen LogP contribution in [0.1, 0.15) is 25.7 Å². The van der Waals surface area contributed by atoms with Crippen molar-refractivity contribution < 1.29 is 45.6 Å². The molecule has 0 fully saturated rings. The summed E-state index contributed by atoms with van der Waals surface area (Å²) in [6.45, 7) is 0. The number of allylic oxidation sites excluding steroid dienone is 4. The van der Waals surface area contributed by atoms with Crippen molar-refractivity contribution in [1.29, 1.82) is 0 Å². The Hall–Kier alpha value is -0.197. The molecule has 0 heterocycles. The number of rotatable bonds is 0. The van der Waals surface area contributed by atoms with Gasteiger partial charge in [-0.3, -0.25) is 0 Å². The smallest absolute Gasteiger partial charge is 0.741 e. The van der Waals surface area contributed by atoms with Gasteiger partial charge in [-0.1, -0.05) is 24.3 Å². The van der Waals surface area contributed by atoms with Gasteiger partial charge in [0.25, 0.3) is 0 Å². The molecular weight excluding hydrogens is 348 g/mol. The van der Waals surface area contributed by atoms with Gasteiger partial charge in [0.2, 0.25) is 0 Å². The Morgan fingerprint density at radius 1 is 0.882 bits per heavy atom. The van der Waals surface area contributed by atoms with E-state index in [0.717, 1.165) is 0 Å². The quantitative estimate of drug-likeness (QED) is 0.289. The zero-order valence-electron chi connectivity index (χ0n) is 8.74. The van der Waals surface area contributed by atoms with Crippen LogP contribution >= 0.6 is 0 Å². The largest absolute Gasteiger partial charge is 2.00 e. The van der Waals surface area contributed by atoms with E-state index < -0.39 is 15.6 Å². The Labute approximate surface area is 111 Å². The molecule has 3 nitrogen and oxygen atoms in total. The molecule has 0 N–H and O–H groups in total. The second-order valence-corrected chi connectivity index (χ2v) is 4.37. The Morgan fingerprint density at radius 2 is 1.06 bits per heavy atom. The fraction of sp³-hybridized carbons (Fsp3) is 0.556. The van der Waals surface area contributed by atoms with Crippen molar-refractivity contribution in [2.75, 3.05) is 0 Å². The molecule has 0 aliphatic heterocycles.